The molecule has 0 aromatic heterocycles. The summed E-state index contributed by atoms with van der Waals surface area (Å²) in [6.45, 7) is 11.6. The van der Waals surface area contributed by atoms with Gasteiger partial charge >= 0.3 is 0 Å². The van der Waals surface area contributed by atoms with Crippen LogP contribution >= 0.6 is 27.7 Å². The van der Waals surface area contributed by atoms with Gasteiger partial charge in [-0.15, -0.1) is 11.8 Å². The molecule has 1 aromatic carbocycles. The highest BCUT2D eigenvalue weighted by atomic mass is 79.9. The first-order chi connectivity index (χ1) is 10.4. The number of benzene rings is 1. The van der Waals surface area contributed by atoms with E-state index in [0.29, 0.717) is 10.7 Å². The van der Waals surface area contributed by atoms with Crippen molar-refractivity contribution in [3.05, 3.63) is 40.4 Å². The van der Waals surface area contributed by atoms with Gasteiger partial charge in [0.15, 0.2) is 0 Å². The Morgan fingerprint density at radius 1 is 1.27 bits per heavy atom. The first kappa shape index (κ1) is 19.8. The van der Waals surface area contributed by atoms with Crippen LogP contribution in [0.1, 0.15) is 66.7 Å². The summed E-state index contributed by atoms with van der Waals surface area (Å²) in [7, 11) is 0. The molecule has 0 fully saturated rings. The third-order valence-electron chi connectivity index (χ3n) is 3.51. The second-order valence-electron chi connectivity index (χ2n) is 7.13. The number of hydrogen-bond donors (Lipinski definition) is 0. The minimum absolute atomic E-state index is 0.350. The third kappa shape index (κ3) is 7.87. The molecule has 0 heterocycles. The van der Waals surface area contributed by atoms with Crippen molar-refractivity contribution in [2.24, 2.45) is 5.41 Å². The van der Waals surface area contributed by atoms with Crippen molar-refractivity contribution < 1.29 is 0 Å². The van der Waals surface area contributed by atoms with Gasteiger partial charge in [-0.3, -0.25) is 0 Å². The zero-order chi connectivity index (χ0) is 16.6. The molecule has 22 heavy (non-hydrogen) atoms. The summed E-state index contributed by atoms with van der Waals surface area (Å²) in [4.78, 5) is 1.37. The Morgan fingerprint density at radius 2 is 2.00 bits per heavy atom. The molecule has 0 saturated heterocycles. The van der Waals surface area contributed by atoms with Crippen LogP contribution in [0.2, 0.25) is 0 Å². The van der Waals surface area contributed by atoms with E-state index in [1.54, 1.807) is 5.57 Å². The Bertz CT molecular complexity index is 471. The van der Waals surface area contributed by atoms with Gasteiger partial charge < -0.3 is 0 Å². The summed E-state index contributed by atoms with van der Waals surface area (Å²) in [6.07, 6.45) is 8.64. The Hall–Kier alpha value is -0.210. The van der Waals surface area contributed by atoms with Gasteiger partial charge in [-0.05, 0) is 42.9 Å². The lowest BCUT2D eigenvalue weighted by Crippen LogP contribution is -2.15. The predicted molar refractivity (Wildman–Crippen MR) is 106 cm³/mol. The van der Waals surface area contributed by atoms with Crippen LogP contribution in [0.25, 0.3) is 0 Å². The Labute approximate surface area is 150 Å². The zero-order valence-electron chi connectivity index (χ0n) is 14.8. The average molecular weight is 383 g/mol. The molecular weight excluding hydrogens is 352 g/mol. The standard InChI is InChI=1S/C20H31BrS/c1-6-8-13-19(16(10-7-2)15-20(3,4)5)22-18-12-9-11-17(21)14-18/h9-12,14,19H,6-8,13,15H2,1-5H3/b16-10-. The van der Waals surface area contributed by atoms with E-state index in [4.69, 9.17) is 0 Å². The van der Waals surface area contributed by atoms with Gasteiger partial charge in [0.1, 0.15) is 0 Å². The lowest BCUT2D eigenvalue weighted by atomic mass is 9.85. The highest BCUT2D eigenvalue weighted by Crippen LogP contribution is 2.37. The minimum atomic E-state index is 0.350. The number of hydrogen-bond acceptors (Lipinski definition) is 1. The van der Waals surface area contributed by atoms with Crippen molar-refractivity contribution in [2.45, 2.75) is 76.9 Å². The highest BCUT2D eigenvalue weighted by Gasteiger charge is 2.21. The molecule has 1 unspecified atom stereocenters. The monoisotopic (exact) mass is 382 g/mol. The van der Waals surface area contributed by atoms with Crippen LogP contribution in [-0.4, -0.2) is 5.25 Å². The van der Waals surface area contributed by atoms with Crippen LogP contribution in [-0.2, 0) is 0 Å². The van der Waals surface area contributed by atoms with Crippen LogP contribution in [0.5, 0.6) is 0 Å². The van der Waals surface area contributed by atoms with Gasteiger partial charge in [-0.25, -0.2) is 0 Å². The molecule has 0 saturated carbocycles. The van der Waals surface area contributed by atoms with E-state index in [9.17, 15) is 0 Å². The molecule has 124 valence electrons. The minimum Gasteiger partial charge on any atom is -0.118 e. The van der Waals surface area contributed by atoms with Crippen molar-refractivity contribution >= 4 is 27.7 Å². The molecule has 2 heteroatoms. The number of rotatable bonds is 8. The number of allylic oxidation sites excluding steroid dienone is 1. The van der Waals surface area contributed by atoms with E-state index >= 15 is 0 Å². The van der Waals surface area contributed by atoms with Gasteiger partial charge in [0.25, 0.3) is 0 Å². The number of halogens is 1. The van der Waals surface area contributed by atoms with Crippen LogP contribution in [0.15, 0.2) is 45.3 Å². The predicted octanol–water partition coefficient (Wildman–Crippen LogP) is 7.87. The Morgan fingerprint density at radius 3 is 2.55 bits per heavy atom. The average Bonchev–Trinajstić information content (AvgIpc) is 2.41. The van der Waals surface area contributed by atoms with Crippen LogP contribution in [0.3, 0.4) is 0 Å². The molecule has 1 aromatic rings. The topological polar surface area (TPSA) is 0 Å². The quantitative estimate of drug-likeness (QED) is 0.325. The molecule has 0 aliphatic rings. The fourth-order valence-electron chi connectivity index (χ4n) is 2.61. The maximum Gasteiger partial charge on any atom is 0.0303 e. The second-order valence-corrected chi connectivity index (χ2v) is 9.32. The molecule has 0 aliphatic heterocycles. The fourth-order valence-corrected chi connectivity index (χ4v) is 4.45. The molecular formula is C20H31BrS. The SMILES string of the molecule is CC/C=C(/CC(C)(C)C)C(CCCC)Sc1cccc(Br)c1. The molecule has 0 bridgehead atoms. The first-order valence-electron chi connectivity index (χ1n) is 8.47. The van der Waals surface area contributed by atoms with Crippen LogP contribution < -0.4 is 0 Å². The van der Waals surface area contributed by atoms with E-state index in [1.807, 2.05) is 11.8 Å². The fraction of sp³-hybridized carbons (Fsp3) is 0.600. The first-order valence-corrected chi connectivity index (χ1v) is 10.1. The van der Waals surface area contributed by atoms with Crippen LogP contribution in [0.4, 0.5) is 0 Å². The summed E-state index contributed by atoms with van der Waals surface area (Å²) in [5, 5.41) is 0.605. The maximum absolute atomic E-state index is 3.59. The van der Waals surface area contributed by atoms with Gasteiger partial charge in [0.2, 0.25) is 0 Å². The maximum atomic E-state index is 3.59. The van der Waals surface area contributed by atoms with Gasteiger partial charge in [-0.2, -0.15) is 0 Å². The van der Waals surface area contributed by atoms with E-state index in [1.165, 1.54) is 35.1 Å². The second kappa shape index (κ2) is 9.82. The normalized spacial score (nSPS) is 14.2. The molecule has 0 nitrogen and oxygen atoms in total. The van der Waals surface area contributed by atoms with Gasteiger partial charge in [0, 0.05) is 14.6 Å². The molecule has 1 rings (SSSR count). The van der Waals surface area contributed by atoms with Gasteiger partial charge in [0.05, 0.1) is 0 Å². The van der Waals surface area contributed by atoms with Crippen molar-refractivity contribution in [1.29, 1.82) is 0 Å². The lowest BCUT2D eigenvalue weighted by molar-refractivity contribution is 0.403. The summed E-state index contributed by atoms with van der Waals surface area (Å²) >= 11 is 5.63. The summed E-state index contributed by atoms with van der Waals surface area (Å²) < 4.78 is 1.17. The van der Waals surface area contributed by atoms with E-state index < -0.39 is 0 Å². The Balaban J connectivity index is 2.95. The summed E-state index contributed by atoms with van der Waals surface area (Å²) in [5.74, 6) is 0. The zero-order valence-corrected chi connectivity index (χ0v) is 17.2. The smallest absolute Gasteiger partial charge is 0.0303 e. The summed E-state index contributed by atoms with van der Waals surface area (Å²) in [5.41, 5.74) is 1.98. The Kier molecular flexibility index (Phi) is 8.86. The van der Waals surface area contributed by atoms with Crippen molar-refractivity contribution in [2.75, 3.05) is 0 Å². The molecule has 0 spiro atoms. The number of unbranched alkanes of at least 4 members (excludes halogenated alkanes) is 1. The third-order valence-corrected chi connectivity index (χ3v) is 5.35. The van der Waals surface area contributed by atoms with Crippen molar-refractivity contribution in [3.8, 4) is 0 Å². The molecule has 0 aliphatic carbocycles. The van der Waals surface area contributed by atoms with E-state index in [2.05, 4.69) is 80.9 Å². The lowest BCUT2D eigenvalue weighted by Gasteiger charge is -2.27. The molecule has 1 atom stereocenters. The molecule has 0 radical (unpaired) electrons. The molecule has 0 N–H and O–H groups in total. The highest BCUT2D eigenvalue weighted by molar-refractivity contribution is 9.10. The van der Waals surface area contributed by atoms with Crippen molar-refractivity contribution in [1.82, 2.24) is 0 Å². The summed E-state index contributed by atoms with van der Waals surface area (Å²) in [6, 6.07) is 8.71. The van der Waals surface area contributed by atoms with Gasteiger partial charge in [-0.1, -0.05) is 81.1 Å². The van der Waals surface area contributed by atoms with Crippen LogP contribution in [0, 0.1) is 5.41 Å². The van der Waals surface area contributed by atoms with Crippen molar-refractivity contribution in [3.63, 3.8) is 0 Å². The molecule has 0 amide bonds. The van der Waals surface area contributed by atoms with E-state index in [-0.39, 0.29) is 0 Å². The largest absolute Gasteiger partial charge is 0.118 e. The number of thioether (sulfide) groups is 1. The van der Waals surface area contributed by atoms with E-state index in [0.717, 1.165) is 6.42 Å².